The maximum atomic E-state index is 11.3. The summed E-state index contributed by atoms with van der Waals surface area (Å²) in [5.74, 6) is -1.54. The molecule has 7 nitrogen and oxygen atoms in total. The number of carbonyl (C=O) groups is 3. The molecule has 4 N–H and O–H groups in total. The zero-order valence-corrected chi connectivity index (χ0v) is 8.84. The molecule has 0 saturated heterocycles. The highest BCUT2D eigenvalue weighted by molar-refractivity contribution is 5.93. The lowest BCUT2D eigenvalue weighted by atomic mass is 9.48. The van der Waals surface area contributed by atoms with Crippen molar-refractivity contribution in [3.8, 4) is 0 Å². The van der Waals surface area contributed by atoms with Gasteiger partial charge in [0.15, 0.2) is 0 Å². The third-order valence-electron chi connectivity index (χ3n) is 3.44. The molecule has 0 aliphatic heterocycles. The lowest BCUT2D eigenvalue weighted by Crippen LogP contribution is -2.64. The van der Waals surface area contributed by atoms with E-state index in [0.717, 1.165) is 0 Å². The van der Waals surface area contributed by atoms with Crippen molar-refractivity contribution in [2.24, 2.45) is 29.1 Å². The van der Waals surface area contributed by atoms with Crippen molar-refractivity contribution < 1.29 is 29.4 Å². The van der Waals surface area contributed by atoms with Crippen LogP contribution in [-0.4, -0.2) is 28.1 Å². The second kappa shape index (κ2) is 3.75. The smallest absolute Gasteiger partial charge is 0.328 e. The molecule has 0 aromatic carbocycles. The minimum Gasteiger partial charge on any atom is -0.481 e. The van der Waals surface area contributed by atoms with Gasteiger partial charge in [0.2, 0.25) is 0 Å². The zero-order chi connectivity index (χ0) is 12.7. The van der Waals surface area contributed by atoms with Crippen LogP contribution >= 0.6 is 0 Å². The molecule has 0 aromatic heterocycles. The molecular weight excluding hydrogens is 218 g/mol. The van der Waals surface area contributed by atoms with Gasteiger partial charge in [0.05, 0.1) is 17.3 Å². The molecule has 0 amide bonds. The first-order valence-corrected chi connectivity index (χ1v) is 4.65. The van der Waals surface area contributed by atoms with Crippen molar-refractivity contribution >= 4 is 17.9 Å². The van der Waals surface area contributed by atoms with Crippen molar-refractivity contribution in [3.63, 3.8) is 0 Å². The number of hydrogen-bond donors (Lipinski definition) is 3. The molecular formula is C9H13NO6. The topological polar surface area (TPSA) is 127 Å². The van der Waals surface area contributed by atoms with Crippen LogP contribution in [0.4, 0.5) is 0 Å². The molecule has 1 aliphatic carbocycles. The highest BCUT2D eigenvalue weighted by Crippen LogP contribution is 2.56. The normalized spacial score (nSPS) is 37.3. The van der Waals surface area contributed by atoms with E-state index in [0.29, 0.717) is 0 Å². The average molecular weight is 231 g/mol. The molecule has 0 heterocycles. The molecule has 0 bridgehead atoms. The number of hydrogen-bond acceptors (Lipinski definition) is 5. The quantitative estimate of drug-likeness (QED) is 0.556. The molecule has 0 radical (unpaired) electrons. The predicted octanol–water partition coefficient (Wildman–Crippen LogP) is -0.539. The third kappa shape index (κ3) is 1.35. The van der Waals surface area contributed by atoms with Gasteiger partial charge in [0.1, 0.15) is 0 Å². The van der Waals surface area contributed by atoms with Gasteiger partial charge in [0, 0.05) is 0 Å². The fourth-order valence-electron chi connectivity index (χ4n) is 2.64. The molecule has 1 fully saturated rings. The summed E-state index contributed by atoms with van der Waals surface area (Å²) in [6, 6.07) is 0. The van der Waals surface area contributed by atoms with Gasteiger partial charge in [-0.1, -0.05) is 6.92 Å². The fourth-order valence-corrected chi connectivity index (χ4v) is 2.64. The van der Waals surface area contributed by atoms with Crippen LogP contribution in [-0.2, 0) is 19.2 Å². The monoisotopic (exact) mass is 231 g/mol. The molecule has 1 saturated carbocycles. The van der Waals surface area contributed by atoms with Crippen LogP contribution in [0.1, 0.15) is 13.8 Å². The Balaban J connectivity index is 3.10. The second-order valence-electron chi connectivity index (χ2n) is 4.18. The van der Waals surface area contributed by atoms with E-state index >= 15 is 0 Å². The van der Waals surface area contributed by atoms with Gasteiger partial charge in [-0.25, -0.2) is 0 Å². The Morgan fingerprint density at radius 3 is 2.06 bits per heavy atom. The number of carboxylic acids is 2. The lowest BCUT2D eigenvalue weighted by molar-refractivity contribution is -0.204. The highest BCUT2D eigenvalue weighted by Gasteiger charge is 2.68. The molecule has 1 rings (SSSR count). The lowest BCUT2D eigenvalue weighted by Gasteiger charge is -2.51. The summed E-state index contributed by atoms with van der Waals surface area (Å²) < 4.78 is 0. The summed E-state index contributed by atoms with van der Waals surface area (Å²) in [6.07, 6.45) is 0. The Labute approximate surface area is 91.1 Å². The number of aliphatic carboxylic acids is 2. The fraction of sp³-hybridized carbons (Fsp3) is 0.667. The average Bonchev–Trinajstić information content (AvgIpc) is 2.15. The summed E-state index contributed by atoms with van der Waals surface area (Å²) in [5, 5.41) is 17.9. The highest BCUT2D eigenvalue weighted by atomic mass is 16.7. The zero-order valence-electron chi connectivity index (χ0n) is 8.84. The first-order valence-electron chi connectivity index (χ1n) is 4.65. The van der Waals surface area contributed by atoms with Gasteiger partial charge in [-0.3, -0.25) is 14.4 Å². The Hall–Kier alpha value is -1.63. The number of carbonyl (C=O) groups excluding carboxylic acids is 1. The minimum absolute atomic E-state index is 0.616. The SMILES string of the molecule is CC1C(C(=O)O)C(C)(C(=O)O)C1C(=O)ON. The van der Waals surface area contributed by atoms with Crippen molar-refractivity contribution in [2.75, 3.05) is 0 Å². The maximum Gasteiger partial charge on any atom is 0.328 e. The van der Waals surface area contributed by atoms with Crippen molar-refractivity contribution in [2.45, 2.75) is 13.8 Å². The number of nitrogens with two attached hydrogens (primary N) is 1. The Morgan fingerprint density at radius 2 is 1.75 bits per heavy atom. The van der Waals surface area contributed by atoms with Crippen LogP contribution in [0.3, 0.4) is 0 Å². The molecule has 0 spiro atoms. The molecule has 16 heavy (non-hydrogen) atoms. The van der Waals surface area contributed by atoms with Crippen molar-refractivity contribution in [1.82, 2.24) is 0 Å². The molecule has 4 atom stereocenters. The number of rotatable bonds is 3. The van der Waals surface area contributed by atoms with E-state index in [9.17, 15) is 14.4 Å². The van der Waals surface area contributed by atoms with E-state index < -0.39 is 41.1 Å². The van der Waals surface area contributed by atoms with Crippen LogP contribution in [0.25, 0.3) is 0 Å². The molecule has 7 heteroatoms. The second-order valence-corrected chi connectivity index (χ2v) is 4.18. The Morgan fingerprint density at radius 1 is 1.25 bits per heavy atom. The summed E-state index contributed by atoms with van der Waals surface area (Å²) >= 11 is 0. The predicted molar refractivity (Wildman–Crippen MR) is 49.8 cm³/mol. The standard InChI is InChI=1S/C9H13NO6/c1-3-4(6(11)12)9(2,8(14)15)5(3)7(13)16-10/h3-5H,10H2,1-2H3,(H,11,12)(H,14,15). The number of carboxylic acid groups (broad SMARTS) is 2. The maximum absolute atomic E-state index is 11.3. The van der Waals surface area contributed by atoms with Crippen molar-refractivity contribution in [1.29, 1.82) is 0 Å². The first kappa shape index (κ1) is 12.4. The van der Waals surface area contributed by atoms with Crippen LogP contribution in [0.2, 0.25) is 0 Å². The molecule has 1 aliphatic rings. The van der Waals surface area contributed by atoms with Crippen LogP contribution in [0.5, 0.6) is 0 Å². The van der Waals surface area contributed by atoms with E-state index in [1.165, 1.54) is 13.8 Å². The van der Waals surface area contributed by atoms with Crippen LogP contribution in [0.15, 0.2) is 0 Å². The van der Waals surface area contributed by atoms with Gasteiger partial charge in [0.25, 0.3) is 0 Å². The summed E-state index contributed by atoms with van der Waals surface area (Å²) in [6.45, 7) is 2.71. The third-order valence-corrected chi connectivity index (χ3v) is 3.44. The Kier molecular flexibility index (Phi) is 2.91. The van der Waals surface area contributed by atoms with E-state index in [1.54, 1.807) is 0 Å². The summed E-state index contributed by atoms with van der Waals surface area (Å²) in [7, 11) is 0. The van der Waals surface area contributed by atoms with E-state index in [2.05, 4.69) is 4.84 Å². The van der Waals surface area contributed by atoms with Gasteiger partial charge in [-0.05, 0) is 12.8 Å². The van der Waals surface area contributed by atoms with Gasteiger partial charge >= 0.3 is 17.9 Å². The first-order chi connectivity index (χ1) is 7.28. The van der Waals surface area contributed by atoms with Gasteiger partial charge < -0.3 is 15.1 Å². The summed E-state index contributed by atoms with van der Waals surface area (Å²) in [4.78, 5) is 37.3. The molecule has 4 unspecified atom stereocenters. The molecule has 0 aromatic rings. The minimum atomic E-state index is -1.66. The largest absolute Gasteiger partial charge is 0.481 e. The van der Waals surface area contributed by atoms with E-state index in [4.69, 9.17) is 16.1 Å². The van der Waals surface area contributed by atoms with E-state index in [1.807, 2.05) is 0 Å². The van der Waals surface area contributed by atoms with Gasteiger partial charge in [-0.15, -0.1) is 0 Å². The van der Waals surface area contributed by atoms with E-state index in [-0.39, 0.29) is 0 Å². The summed E-state index contributed by atoms with van der Waals surface area (Å²) in [5.41, 5.74) is -1.66. The van der Waals surface area contributed by atoms with Crippen LogP contribution in [0, 0.1) is 23.2 Å². The van der Waals surface area contributed by atoms with Crippen LogP contribution < -0.4 is 5.90 Å². The molecule has 90 valence electrons. The van der Waals surface area contributed by atoms with Gasteiger partial charge in [-0.2, -0.15) is 5.90 Å². The van der Waals surface area contributed by atoms with Crippen molar-refractivity contribution in [3.05, 3.63) is 0 Å². The Bertz CT molecular complexity index is 354.